The highest BCUT2D eigenvalue weighted by Gasteiger charge is 2.22. The van der Waals surface area contributed by atoms with Crippen LogP contribution in [0.15, 0.2) is 36.4 Å². The largest absolute Gasteiger partial charge is 0.379 e. The molecule has 3 aromatic rings. The molecule has 158 valence electrons. The molecule has 1 N–H and O–H groups in total. The highest BCUT2D eigenvalue weighted by Crippen LogP contribution is 2.24. The van der Waals surface area contributed by atoms with Gasteiger partial charge in [-0.15, -0.1) is 0 Å². The Balaban J connectivity index is 1.59. The van der Waals surface area contributed by atoms with Crippen LogP contribution in [0.5, 0.6) is 0 Å². The first-order chi connectivity index (χ1) is 14.5. The maximum absolute atomic E-state index is 13.4. The van der Waals surface area contributed by atoms with E-state index < -0.39 is 0 Å². The second-order valence-corrected chi connectivity index (χ2v) is 7.90. The molecule has 0 unspecified atom stereocenters. The number of amides is 1. The SMILES string of the molecule is Cc1cc(C(=O)N[C@@H](CCN2CCOCC2)c2ccccc2)c2c(C)nn(C)c2n1. The zero-order chi connectivity index (χ0) is 21.1. The normalized spacial score (nSPS) is 16.0. The van der Waals surface area contributed by atoms with Crippen molar-refractivity contribution in [2.24, 2.45) is 7.05 Å². The lowest BCUT2D eigenvalue weighted by Crippen LogP contribution is -2.39. The first-order valence-electron chi connectivity index (χ1n) is 10.5. The third-order valence-electron chi connectivity index (χ3n) is 5.69. The van der Waals surface area contributed by atoms with Gasteiger partial charge >= 0.3 is 0 Å². The minimum absolute atomic E-state index is 0.0676. The fourth-order valence-electron chi connectivity index (χ4n) is 4.13. The fraction of sp³-hybridized carbons (Fsp3) is 0.435. The van der Waals surface area contributed by atoms with Gasteiger partial charge in [0, 0.05) is 32.4 Å². The number of ether oxygens (including phenoxy) is 1. The van der Waals surface area contributed by atoms with E-state index in [0.717, 1.165) is 67.3 Å². The van der Waals surface area contributed by atoms with E-state index in [2.05, 4.69) is 32.4 Å². The van der Waals surface area contributed by atoms with Gasteiger partial charge in [0.25, 0.3) is 5.91 Å². The molecule has 0 saturated carbocycles. The van der Waals surface area contributed by atoms with Gasteiger partial charge in [-0.25, -0.2) is 4.98 Å². The second kappa shape index (κ2) is 8.93. The van der Waals surface area contributed by atoms with Crippen molar-refractivity contribution in [3.8, 4) is 0 Å². The van der Waals surface area contributed by atoms with Gasteiger partial charge in [0.05, 0.1) is 35.9 Å². The molecule has 7 heteroatoms. The monoisotopic (exact) mass is 407 g/mol. The van der Waals surface area contributed by atoms with Crippen LogP contribution in [0.2, 0.25) is 0 Å². The fourth-order valence-corrected chi connectivity index (χ4v) is 4.13. The Hall–Kier alpha value is -2.77. The average molecular weight is 408 g/mol. The Morgan fingerprint density at radius 3 is 2.67 bits per heavy atom. The summed E-state index contributed by atoms with van der Waals surface area (Å²) in [5.74, 6) is -0.0857. The van der Waals surface area contributed by atoms with E-state index in [1.165, 1.54) is 0 Å². The Bertz CT molecular complexity index is 1020. The summed E-state index contributed by atoms with van der Waals surface area (Å²) >= 11 is 0. The van der Waals surface area contributed by atoms with E-state index in [1.54, 1.807) is 4.68 Å². The Labute approximate surface area is 177 Å². The summed E-state index contributed by atoms with van der Waals surface area (Å²) in [4.78, 5) is 20.4. The summed E-state index contributed by atoms with van der Waals surface area (Å²) in [6.07, 6.45) is 0.842. The third-order valence-corrected chi connectivity index (χ3v) is 5.69. The van der Waals surface area contributed by atoms with E-state index in [4.69, 9.17) is 4.74 Å². The van der Waals surface area contributed by atoms with E-state index in [0.29, 0.717) is 5.56 Å². The summed E-state index contributed by atoms with van der Waals surface area (Å²) < 4.78 is 7.19. The number of rotatable bonds is 6. The molecular formula is C23H29N5O2. The molecule has 0 aliphatic carbocycles. The number of benzene rings is 1. The van der Waals surface area contributed by atoms with Gasteiger partial charge in [0.15, 0.2) is 5.65 Å². The number of hydrogen-bond donors (Lipinski definition) is 1. The highest BCUT2D eigenvalue weighted by molar-refractivity contribution is 6.06. The van der Waals surface area contributed by atoms with Crippen molar-refractivity contribution in [1.82, 2.24) is 25.0 Å². The van der Waals surface area contributed by atoms with E-state index in [9.17, 15) is 4.79 Å². The van der Waals surface area contributed by atoms with Crippen LogP contribution < -0.4 is 5.32 Å². The Kier molecular flexibility index (Phi) is 6.11. The summed E-state index contributed by atoms with van der Waals surface area (Å²) in [6.45, 7) is 8.17. The third kappa shape index (κ3) is 4.37. The van der Waals surface area contributed by atoms with Gasteiger partial charge in [0.2, 0.25) is 0 Å². The molecule has 4 rings (SSSR count). The van der Waals surface area contributed by atoms with Gasteiger partial charge in [-0.2, -0.15) is 5.10 Å². The molecule has 1 aliphatic heterocycles. The minimum Gasteiger partial charge on any atom is -0.379 e. The minimum atomic E-state index is -0.0857. The molecule has 1 saturated heterocycles. The number of carbonyl (C=O) groups excluding carboxylic acids is 1. The van der Waals surface area contributed by atoms with Crippen LogP contribution in [0.1, 0.15) is 39.8 Å². The molecule has 0 spiro atoms. The van der Waals surface area contributed by atoms with Crippen LogP contribution in [0.3, 0.4) is 0 Å². The zero-order valence-corrected chi connectivity index (χ0v) is 17.9. The summed E-state index contributed by atoms with van der Waals surface area (Å²) in [7, 11) is 1.86. The summed E-state index contributed by atoms with van der Waals surface area (Å²) in [5.41, 5.74) is 4.11. The van der Waals surface area contributed by atoms with Gasteiger partial charge in [0.1, 0.15) is 0 Å². The van der Waals surface area contributed by atoms with Gasteiger partial charge < -0.3 is 10.1 Å². The first-order valence-corrected chi connectivity index (χ1v) is 10.5. The molecule has 7 nitrogen and oxygen atoms in total. The highest BCUT2D eigenvalue weighted by atomic mass is 16.5. The van der Waals surface area contributed by atoms with Crippen molar-refractivity contribution in [3.63, 3.8) is 0 Å². The number of aryl methyl sites for hydroxylation is 3. The van der Waals surface area contributed by atoms with Gasteiger partial charge in [-0.05, 0) is 31.9 Å². The molecule has 1 atom stereocenters. The molecule has 2 aromatic heterocycles. The second-order valence-electron chi connectivity index (χ2n) is 7.90. The van der Waals surface area contributed by atoms with Crippen LogP contribution in [0.25, 0.3) is 11.0 Å². The number of hydrogen-bond acceptors (Lipinski definition) is 5. The summed E-state index contributed by atoms with van der Waals surface area (Å²) in [6, 6.07) is 12.0. The van der Waals surface area contributed by atoms with Crippen molar-refractivity contribution in [2.75, 3.05) is 32.8 Å². The van der Waals surface area contributed by atoms with Crippen LogP contribution in [-0.4, -0.2) is 58.4 Å². The lowest BCUT2D eigenvalue weighted by Gasteiger charge is -2.29. The first kappa shape index (κ1) is 20.5. The van der Waals surface area contributed by atoms with Crippen LogP contribution in [0.4, 0.5) is 0 Å². The molecule has 1 fully saturated rings. The number of carbonyl (C=O) groups is 1. The maximum Gasteiger partial charge on any atom is 0.252 e. The zero-order valence-electron chi connectivity index (χ0n) is 17.9. The average Bonchev–Trinajstić information content (AvgIpc) is 3.05. The van der Waals surface area contributed by atoms with Crippen molar-refractivity contribution in [1.29, 1.82) is 0 Å². The van der Waals surface area contributed by atoms with Crippen molar-refractivity contribution in [2.45, 2.75) is 26.3 Å². The molecule has 1 aromatic carbocycles. The lowest BCUT2D eigenvalue weighted by molar-refractivity contribution is 0.0360. The number of nitrogens with one attached hydrogen (secondary N) is 1. The number of fused-ring (bicyclic) bond motifs is 1. The van der Waals surface area contributed by atoms with Crippen LogP contribution in [0, 0.1) is 13.8 Å². The quantitative estimate of drug-likeness (QED) is 0.680. The number of aromatic nitrogens is 3. The van der Waals surface area contributed by atoms with Crippen LogP contribution >= 0.6 is 0 Å². The van der Waals surface area contributed by atoms with E-state index >= 15 is 0 Å². The topological polar surface area (TPSA) is 72.3 Å². The molecule has 1 amide bonds. The standard InChI is InChI=1S/C23H29N5O2/c1-16-15-19(21-17(2)26-27(3)22(21)24-16)23(29)25-20(18-7-5-4-6-8-18)9-10-28-11-13-30-14-12-28/h4-8,15,20H,9-14H2,1-3H3,(H,25,29)/t20-/m0/s1. The molecule has 0 bridgehead atoms. The molecule has 1 aliphatic rings. The van der Waals surface area contributed by atoms with Crippen molar-refractivity contribution >= 4 is 16.9 Å². The Morgan fingerprint density at radius 2 is 1.93 bits per heavy atom. The predicted octanol–water partition coefficient (Wildman–Crippen LogP) is 2.78. The summed E-state index contributed by atoms with van der Waals surface area (Å²) in [5, 5.41) is 8.57. The number of pyridine rings is 1. The lowest BCUT2D eigenvalue weighted by atomic mass is 10.0. The molecule has 3 heterocycles. The molecular weight excluding hydrogens is 378 g/mol. The van der Waals surface area contributed by atoms with Gasteiger partial charge in [-0.1, -0.05) is 30.3 Å². The van der Waals surface area contributed by atoms with Crippen molar-refractivity contribution < 1.29 is 9.53 Å². The predicted molar refractivity (Wildman–Crippen MR) is 117 cm³/mol. The number of morpholine rings is 1. The van der Waals surface area contributed by atoms with E-state index in [-0.39, 0.29) is 11.9 Å². The van der Waals surface area contributed by atoms with E-state index in [1.807, 2.05) is 45.2 Å². The Morgan fingerprint density at radius 1 is 1.20 bits per heavy atom. The smallest absolute Gasteiger partial charge is 0.252 e. The maximum atomic E-state index is 13.4. The van der Waals surface area contributed by atoms with Gasteiger partial charge in [-0.3, -0.25) is 14.4 Å². The molecule has 0 radical (unpaired) electrons. The van der Waals surface area contributed by atoms with Crippen LogP contribution in [-0.2, 0) is 11.8 Å². The van der Waals surface area contributed by atoms with Crippen molar-refractivity contribution in [3.05, 3.63) is 58.9 Å². The number of nitrogens with zero attached hydrogens (tertiary/aromatic N) is 4. The molecule has 30 heavy (non-hydrogen) atoms.